The van der Waals surface area contributed by atoms with E-state index in [2.05, 4.69) is 19.2 Å². The van der Waals surface area contributed by atoms with Gasteiger partial charge in [0, 0.05) is 11.6 Å². The number of benzene rings is 1. The molecule has 7 heteroatoms. The number of carbonyl (C=O) groups is 1. The molecule has 0 aromatic heterocycles. The standard InChI is InChI=1S/C18H29ClN2O3S/c1-5-7-9-15(6-2)13-20-18(22)14(3)21(25(4,23)24)17-11-8-10-16(19)12-17/h8,10-12,14-15H,5-7,9,13H2,1-4H3,(H,20,22)/t14-,15+/m0/s1. The van der Waals surface area contributed by atoms with Gasteiger partial charge in [0.2, 0.25) is 15.9 Å². The molecule has 0 aliphatic heterocycles. The smallest absolute Gasteiger partial charge is 0.243 e. The number of amides is 1. The summed E-state index contributed by atoms with van der Waals surface area (Å²) in [6, 6.07) is 5.65. The minimum absolute atomic E-state index is 0.305. The van der Waals surface area contributed by atoms with Gasteiger partial charge >= 0.3 is 0 Å². The first kappa shape index (κ1) is 21.8. The molecule has 1 rings (SSSR count). The number of halogens is 1. The van der Waals surface area contributed by atoms with Crippen molar-refractivity contribution in [2.24, 2.45) is 5.92 Å². The van der Waals surface area contributed by atoms with E-state index < -0.39 is 16.1 Å². The van der Waals surface area contributed by atoms with Crippen molar-refractivity contribution in [3.8, 4) is 0 Å². The van der Waals surface area contributed by atoms with Gasteiger partial charge in [-0.2, -0.15) is 0 Å². The molecule has 1 N–H and O–H groups in total. The van der Waals surface area contributed by atoms with Crippen LogP contribution in [0.25, 0.3) is 0 Å². The quantitative estimate of drug-likeness (QED) is 0.662. The fraction of sp³-hybridized carbons (Fsp3) is 0.611. The van der Waals surface area contributed by atoms with Gasteiger partial charge in [0.25, 0.3) is 0 Å². The van der Waals surface area contributed by atoms with Crippen LogP contribution < -0.4 is 9.62 Å². The Hall–Kier alpha value is -1.27. The first-order valence-corrected chi connectivity index (χ1v) is 11.0. The first-order chi connectivity index (χ1) is 11.7. The van der Waals surface area contributed by atoms with Gasteiger partial charge in [0.05, 0.1) is 11.9 Å². The van der Waals surface area contributed by atoms with E-state index in [1.165, 1.54) is 0 Å². The van der Waals surface area contributed by atoms with Gasteiger partial charge in [-0.3, -0.25) is 9.10 Å². The van der Waals surface area contributed by atoms with Crippen LogP contribution in [0.4, 0.5) is 5.69 Å². The molecule has 0 aliphatic rings. The first-order valence-electron chi connectivity index (χ1n) is 8.73. The maximum absolute atomic E-state index is 12.5. The summed E-state index contributed by atoms with van der Waals surface area (Å²) in [5.74, 6) is 0.106. The molecule has 0 radical (unpaired) electrons. The SMILES string of the molecule is CCCC[C@@H](CC)CNC(=O)[C@H](C)N(c1cccc(Cl)c1)S(C)(=O)=O. The number of hydrogen-bond donors (Lipinski definition) is 1. The summed E-state index contributed by atoms with van der Waals surface area (Å²) < 4.78 is 25.6. The summed E-state index contributed by atoms with van der Waals surface area (Å²) in [4.78, 5) is 12.5. The number of anilines is 1. The average molecular weight is 389 g/mol. The predicted molar refractivity (Wildman–Crippen MR) is 105 cm³/mol. The second-order valence-corrected chi connectivity index (χ2v) is 8.67. The van der Waals surface area contributed by atoms with Crippen LogP contribution in [0.3, 0.4) is 0 Å². The molecule has 0 bridgehead atoms. The Morgan fingerprint density at radius 3 is 2.52 bits per heavy atom. The molecule has 0 heterocycles. The van der Waals surface area contributed by atoms with Crippen LogP contribution in [0.2, 0.25) is 5.02 Å². The van der Waals surface area contributed by atoms with Crippen LogP contribution in [-0.4, -0.2) is 33.2 Å². The number of sulfonamides is 1. The molecule has 5 nitrogen and oxygen atoms in total. The fourth-order valence-corrected chi connectivity index (χ4v) is 4.11. The van der Waals surface area contributed by atoms with E-state index in [-0.39, 0.29) is 5.91 Å². The molecule has 1 aromatic carbocycles. The summed E-state index contributed by atoms with van der Waals surface area (Å²) in [6.45, 7) is 6.39. The largest absolute Gasteiger partial charge is 0.354 e. The Morgan fingerprint density at radius 1 is 1.32 bits per heavy atom. The topological polar surface area (TPSA) is 66.5 Å². The molecule has 0 fully saturated rings. The lowest BCUT2D eigenvalue weighted by molar-refractivity contribution is -0.122. The average Bonchev–Trinajstić information content (AvgIpc) is 2.53. The highest BCUT2D eigenvalue weighted by Crippen LogP contribution is 2.24. The molecule has 1 amide bonds. The molecule has 2 atom stereocenters. The van der Waals surface area contributed by atoms with E-state index in [1.807, 2.05) is 0 Å². The van der Waals surface area contributed by atoms with Crippen LogP contribution in [0.15, 0.2) is 24.3 Å². The van der Waals surface area contributed by atoms with Crippen molar-refractivity contribution in [2.75, 3.05) is 17.1 Å². The molecule has 0 spiro atoms. The third-order valence-electron chi connectivity index (χ3n) is 4.26. The molecule has 1 aromatic rings. The van der Waals surface area contributed by atoms with E-state index in [4.69, 9.17) is 11.6 Å². The Kier molecular flexibility index (Phi) is 8.73. The summed E-state index contributed by atoms with van der Waals surface area (Å²) in [7, 11) is -3.62. The number of nitrogens with zero attached hydrogens (tertiary/aromatic N) is 1. The minimum Gasteiger partial charge on any atom is -0.354 e. The number of rotatable bonds is 10. The van der Waals surface area contributed by atoms with Crippen LogP contribution in [0.1, 0.15) is 46.5 Å². The molecule has 25 heavy (non-hydrogen) atoms. The zero-order chi connectivity index (χ0) is 19.0. The van der Waals surface area contributed by atoms with Gasteiger partial charge in [0.1, 0.15) is 6.04 Å². The monoisotopic (exact) mass is 388 g/mol. The summed E-state index contributed by atoms with van der Waals surface area (Å²) >= 11 is 5.97. The minimum atomic E-state index is -3.62. The fourth-order valence-electron chi connectivity index (χ4n) is 2.76. The third kappa shape index (κ3) is 6.86. The van der Waals surface area contributed by atoms with Crippen molar-refractivity contribution in [2.45, 2.75) is 52.5 Å². The van der Waals surface area contributed by atoms with Crippen molar-refractivity contribution in [3.63, 3.8) is 0 Å². The molecule has 142 valence electrons. The van der Waals surface area contributed by atoms with Gasteiger partial charge in [0.15, 0.2) is 0 Å². The highest BCUT2D eigenvalue weighted by atomic mass is 35.5. The molecule has 0 unspecified atom stereocenters. The van der Waals surface area contributed by atoms with Crippen molar-refractivity contribution in [1.82, 2.24) is 5.32 Å². The van der Waals surface area contributed by atoms with E-state index in [0.29, 0.717) is 23.2 Å². The Morgan fingerprint density at radius 2 is 2.00 bits per heavy atom. The van der Waals surface area contributed by atoms with Gasteiger partial charge in [-0.15, -0.1) is 0 Å². The van der Waals surface area contributed by atoms with Crippen LogP contribution in [0.5, 0.6) is 0 Å². The molecular weight excluding hydrogens is 360 g/mol. The lowest BCUT2D eigenvalue weighted by atomic mass is 9.99. The summed E-state index contributed by atoms with van der Waals surface area (Å²) in [6.07, 6.45) is 5.39. The van der Waals surface area contributed by atoms with Crippen molar-refractivity contribution < 1.29 is 13.2 Å². The number of carbonyl (C=O) groups excluding carboxylic acids is 1. The van der Waals surface area contributed by atoms with Gasteiger partial charge < -0.3 is 5.32 Å². The van der Waals surface area contributed by atoms with Gasteiger partial charge in [-0.05, 0) is 37.5 Å². The van der Waals surface area contributed by atoms with Gasteiger partial charge in [-0.25, -0.2) is 8.42 Å². The van der Waals surface area contributed by atoms with Crippen molar-refractivity contribution in [1.29, 1.82) is 0 Å². The second-order valence-electron chi connectivity index (χ2n) is 6.38. The second kappa shape index (κ2) is 10.0. The maximum Gasteiger partial charge on any atom is 0.243 e. The van der Waals surface area contributed by atoms with E-state index in [9.17, 15) is 13.2 Å². The Balaban J connectivity index is 2.88. The van der Waals surface area contributed by atoms with Gasteiger partial charge in [-0.1, -0.05) is 50.8 Å². The Bertz CT molecular complexity index is 664. The Labute approximate surface area is 156 Å². The van der Waals surface area contributed by atoms with Crippen LogP contribution in [-0.2, 0) is 14.8 Å². The summed E-state index contributed by atoms with van der Waals surface area (Å²) in [5, 5.41) is 3.32. The summed E-state index contributed by atoms with van der Waals surface area (Å²) in [5.41, 5.74) is 0.385. The predicted octanol–water partition coefficient (Wildman–Crippen LogP) is 3.83. The van der Waals surface area contributed by atoms with Crippen LogP contribution >= 0.6 is 11.6 Å². The zero-order valence-electron chi connectivity index (χ0n) is 15.5. The van der Waals surface area contributed by atoms with Crippen molar-refractivity contribution in [3.05, 3.63) is 29.3 Å². The lowest BCUT2D eigenvalue weighted by Crippen LogP contribution is -2.48. The van der Waals surface area contributed by atoms with E-state index in [1.54, 1.807) is 31.2 Å². The lowest BCUT2D eigenvalue weighted by Gasteiger charge is -2.29. The molecule has 0 saturated carbocycles. The molecule has 0 aliphatic carbocycles. The highest BCUT2D eigenvalue weighted by molar-refractivity contribution is 7.92. The van der Waals surface area contributed by atoms with Crippen molar-refractivity contribution >= 4 is 33.2 Å². The van der Waals surface area contributed by atoms with Crippen LogP contribution in [0, 0.1) is 5.92 Å². The normalized spacial score (nSPS) is 14.0. The number of unbranched alkanes of at least 4 members (excludes halogenated alkanes) is 1. The maximum atomic E-state index is 12.5. The zero-order valence-corrected chi connectivity index (χ0v) is 17.0. The molecular formula is C18H29ClN2O3S. The number of nitrogens with one attached hydrogen (secondary N) is 1. The third-order valence-corrected chi connectivity index (χ3v) is 5.74. The highest BCUT2D eigenvalue weighted by Gasteiger charge is 2.29. The number of hydrogen-bond acceptors (Lipinski definition) is 3. The molecule has 0 saturated heterocycles. The van der Waals surface area contributed by atoms with E-state index >= 15 is 0 Å². The van der Waals surface area contributed by atoms with E-state index in [0.717, 1.165) is 36.2 Å².